The average molecular weight is 144 g/mol. The smallest absolute Gasteiger partial charge is 0.439 e. The summed E-state index contributed by atoms with van der Waals surface area (Å²) in [4.78, 5) is 20.9. The fourth-order valence-electron chi connectivity index (χ4n) is 0.547. The van der Waals surface area contributed by atoms with Crippen molar-refractivity contribution < 1.29 is 14.2 Å². The molecule has 1 heterocycles. The van der Waals surface area contributed by atoms with Gasteiger partial charge in [0.25, 0.3) is 0 Å². The Bertz CT molecular complexity index is 309. The van der Waals surface area contributed by atoms with Gasteiger partial charge in [0.1, 0.15) is 0 Å². The minimum Gasteiger partial charge on any atom is -0.593 e. The molecule has 0 saturated carbocycles. The molecule has 0 radical (unpaired) electrons. The molecule has 6 heteroatoms. The summed E-state index contributed by atoms with van der Waals surface area (Å²) in [6, 6.07) is 0. The highest BCUT2D eigenvalue weighted by atomic mass is 16.6. The van der Waals surface area contributed by atoms with Crippen LogP contribution in [0.25, 0.3) is 0 Å². The van der Waals surface area contributed by atoms with Crippen LogP contribution in [0.1, 0.15) is 17.4 Å². The van der Waals surface area contributed by atoms with Gasteiger partial charge in [0.15, 0.2) is 0 Å². The van der Waals surface area contributed by atoms with Crippen molar-refractivity contribution in [1.29, 1.82) is 0 Å². The quantitative estimate of drug-likeness (QED) is 0.304. The summed E-state index contributed by atoms with van der Waals surface area (Å²) in [6.45, 7) is 1.11. The lowest BCUT2D eigenvalue weighted by molar-refractivity contribution is -0.681. The van der Waals surface area contributed by atoms with Crippen LogP contribution in [0.5, 0.6) is 0 Å². The first-order valence-corrected chi connectivity index (χ1v) is 2.45. The Morgan fingerprint density at radius 3 is 2.60 bits per heavy atom. The first-order valence-electron chi connectivity index (χ1n) is 2.45. The number of hydrogen-bond acceptors (Lipinski definition) is 4. The van der Waals surface area contributed by atoms with E-state index in [1.807, 2.05) is 0 Å². The number of nitrogens with zero attached hydrogens (tertiary/aromatic N) is 1. The Labute approximate surface area is 54.6 Å². The molecule has 10 heavy (non-hydrogen) atoms. The summed E-state index contributed by atoms with van der Waals surface area (Å²) < 4.78 is 4.01. The van der Waals surface area contributed by atoms with E-state index in [0.717, 1.165) is 6.92 Å². The molecular formula is C4H4N2O4. The van der Waals surface area contributed by atoms with E-state index in [9.17, 15) is 14.8 Å². The van der Waals surface area contributed by atoms with Gasteiger partial charge in [-0.15, -0.1) is 0 Å². The van der Waals surface area contributed by atoms with Gasteiger partial charge in [-0.2, -0.15) is 0 Å². The lowest BCUT2D eigenvalue weighted by Gasteiger charge is -1.84. The number of carbonyl (C=O) groups is 1. The van der Waals surface area contributed by atoms with Crippen LogP contribution >= 0.6 is 0 Å². The third-order valence-corrected chi connectivity index (χ3v) is 0.951. The molecular weight excluding hydrogens is 140 g/mol. The summed E-state index contributed by atoms with van der Waals surface area (Å²) in [5.74, 6) is -0.620. The number of aromatic nitrogens is 2. The molecule has 0 aliphatic rings. The second-order valence-corrected chi connectivity index (χ2v) is 1.68. The van der Waals surface area contributed by atoms with Crippen LogP contribution in [-0.4, -0.2) is 11.1 Å². The molecule has 0 spiro atoms. The number of H-pyrrole nitrogens is 1. The van der Waals surface area contributed by atoms with E-state index < -0.39 is 17.1 Å². The van der Waals surface area contributed by atoms with Crippen LogP contribution in [0, 0.1) is 5.21 Å². The molecule has 0 atom stereocenters. The molecule has 0 aliphatic heterocycles. The largest absolute Gasteiger partial charge is 0.593 e. The van der Waals surface area contributed by atoms with Gasteiger partial charge < -0.3 is 5.21 Å². The summed E-state index contributed by atoms with van der Waals surface area (Å²) in [5, 5.41) is 12.1. The third-order valence-electron chi connectivity index (χ3n) is 0.951. The first kappa shape index (κ1) is 6.53. The highest BCUT2D eigenvalue weighted by Gasteiger charge is 2.20. The molecule has 0 aromatic carbocycles. The second-order valence-electron chi connectivity index (χ2n) is 1.68. The van der Waals surface area contributed by atoms with Crippen molar-refractivity contribution in [1.82, 2.24) is 5.27 Å². The van der Waals surface area contributed by atoms with E-state index in [1.54, 1.807) is 5.27 Å². The average Bonchev–Trinajstić information content (AvgIpc) is 2.11. The van der Waals surface area contributed by atoms with Gasteiger partial charge in [-0.25, -0.2) is 4.79 Å². The summed E-state index contributed by atoms with van der Waals surface area (Å²) in [6.07, 6.45) is 0. The third kappa shape index (κ3) is 0.790. The highest BCUT2D eigenvalue weighted by molar-refractivity contribution is 5.90. The van der Waals surface area contributed by atoms with Gasteiger partial charge in [-0.05, 0) is 10.1 Å². The van der Waals surface area contributed by atoms with Crippen molar-refractivity contribution in [3.63, 3.8) is 0 Å². The Balaban J connectivity index is 3.37. The van der Waals surface area contributed by atoms with Crippen molar-refractivity contribution in [3.05, 3.63) is 21.3 Å². The Morgan fingerprint density at radius 1 is 1.80 bits per heavy atom. The zero-order valence-electron chi connectivity index (χ0n) is 5.08. The van der Waals surface area contributed by atoms with Crippen molar-refractivity contribution in [2.45, 2.75) is 6.92 Å². The van der Waals surface area contributed by atoms with Gasteiger partial charge in [0.2, 0.25) is 5.78 Å². The molecule has 1 aromatic heterocycles. The molecule has 1 N–H and O–H groups in total. The Morgan fingerprint density at radius 2 is 2.40 bits per heavy atom. The lowest BCUT2D eigenvalue weighted by Crippen LogP contribution is -2.36. The van der Waals surface area contributed by atoms with Gasteiger partial charge >= 0.3 is 11.3 Å². The summed E-state index contributed by atoms with van der Waals surface area (Å²) >= 11 is 0. The van der Waals surface area contributed by atoms with E-state index >= 15 is 0 Å². The van der Waals surface area contributed by atoms with Crippen LogP contribution < -0.4 is 10.5 Å². The van der Waals surface area contributed by atoms with E-state index in [-0.39, 0.29) is 4.85 Å². The Kier molecular flexibility index (Phi) is 1.29. The number of rotatable bonds is 1. The van der Waals surface area contributed by atoms with Gasteiger partial charge in [-0.3, -0.25) is 9.32 Å². The number of ketones is 1. The lowest BCUT2D eigenvalue weighted by atomic mass is 10.3. The molecule has 1 rings (SSSR count). The highest BCUT2D eigenvalue weighted by Crippen LogP contribution is 1.80. The predicted molar refractivity (Wildman–Crippen MR) is 28.3 cm³/mol. The zero-order valence-corrected chi connectivity index (χ0v) is 5.08. The number of aromatic amines is 1. The standard InChI is InChI=1S/C4H4N2O4/c1-2(7)3-4(8)10-5-6(3)9/h5H,1H3. The molecule has 0 fully saturated rings. The number of carbonyl (C=O) groups excluding carboxylic acids is 1. The van der Waals surface area contributed by atoms with Crippen LogP contribution in [0.3, 0.4) is 0 Å². The van der Waals surface area contributed by atoms with E-state index in [0.29, 0.717) is 0 Å². The maximum atomic E-state index is 10.4. The maximum absolute atomic E-state index is 10.4. The maximum Gasteiger partial charge on any atom is 0.439 e. The van der Waals surface area contributed by atoms with E-state index in [1.165, 1.54) is 0 Å². The summed E-state index contributed by atoms with van der Waals surface area (Å²) in [7, 11) is 0. The monoisotopic (exact) mass is 144 g/mol. The van der Waals surface area contributed by atoms with Crippen LogP contribution in [-0.2, 0) is 0 Å². The molecule has 54 valence electrons. The van der Waals surface area contributed by atoms with Gasteiger partial charge in [0, 0.05) is 6.92 Å². The first-order chi connectivity index (χ1) is 4.63. The fraction of sp³-hybridized carbons (Fsp3) is 0.250. The number of Topliss-reactive ketones (excluding diaryl/α,β-unsaturated/α-hetero) is 1. The van der Waals surface area contributed by atoms with Crippen LogP contribution in [0.4, 0.5) is 0 Å². The normalized spacial score (nSPS) is 9.70. The van der Waals surface area contributed by atoms with Crippen LogP contribution in [0.15, 0.2) is 9.32 Å². The molecule has 0 aliphatic carbocycles. The minimum absolute atomic E-state index is 0.00926. The van der Waals surface area contributed by atoms with Gasteiger partial charge in [-0.1, -0.05) is 0 Å². The molecule has 0 saturated heterocycles. The van der Waals surface area contributed by atoms with Gasteiger partial charge in [0.05, 0.1) is 0 Å². The van der Waals surface area contributed by atoms with Crippen LogP contribution in [0.2, 0.25) is 0 Å². The molecule has 0 bridgehead atoms. The fourth-order valence-corrected chi connectivity index (χ4v) is 0.547. The molecule has 0 unspecified atom stereocenters. The predicted octanol–water partition coefficient (Wildman–Crippen LogP) is -1.20. The molecule has 6 nitrogen and oxygen atoms in total. The van der Waals surface area contributed by atoms with E-state index in [4.69, 9.17) is 0 Å². The molecule has 1 aromatic rings. The zero-order chi connectivity index (χ0) is 7.72. The number of hydrogen-bond donors (Lipinski definition) is 1. The molecule has 0 amide bonds. The SMILES string of the molecule is CC(=O)c1c(=O)o[nH][n+]1[O-]. The van der Waals surface area contributed by atoms with E-state index in [2.05, 4.69) is 4.52 Å². The van der Waals surface area contributed by atoms with Crippen molar-refractivity contribution in [3.8, 4) is 0 Å². The summed E-state index contributed by atoms with van der Waals surface area (Å²) in [5.41, 5.74) is -1.47. The number of nitrogens with one attached hydrogen (secondary N) is 1. The topological polar surface area (TPSA) is 90.0 Å². The van der Waals surface area contributed by atoms with Crippen molar-refractivity contribution >= 4 is 5.78 Å². The second kappa shape index (κ2) is 1.98. The van der Waals surface area contributed by atoms with Crippen molar-refractivity contribution in [2.75, 3.05) is 0 Å². The van der Waals surface area contributed by atoms with Crippen molar-refractivity contribution in [2.24, 2.45) is 0 Å². The minimum atomic E-state index is -0.942. The Hall–Kier alpha value is -1.59.